The zero-order chi connectivity index (χ0) is 7.40. The zero-order valence-corrected chi connectivity index (χ0v) is 5.29. The molecule has 2 N–H and O–H groups in total. The van der Waals surface area contributed by atoms with E-state index in [1.165, 1.54) is 13.4 Å². The number of nitrogens with one attached hydrogen (secondary N) is 2. The van der Waals surface area contributed by atoms with E-state index in [1.54, 1.807) is 0 Å². The van der Waals surface area contributed by atoms with Crippen molar-refractivity contribution in [1.29, 1.82) is 0 Å². The first-order valence-electron chi connectivity index (χ1n) is 2.53. The van der Waals surface area contributed by atoms with Crippen molar-refractivity contribution in [3.63, 3.8) is 0 Å². The van der Waals surface area contributed by atoms with Gasteiger partial charge in [-0.3, -0.25) is 10.4 Å². The highest BCUT2D eigenvalue weighted by Gasteiger charge is 2.00. The highest BCUT2D eigenvalue weighted by molar-refractivity contribution is 5.81. The second-order valence-electron chi connectivity index (χ2n) is 1.44. The summed E-state index contributed by atoms with van der Waals surface area (Å²) in [6, 6.07) is 0. The van der Waals surface area contributed by atoms with Gasteiger partial charge in [0.15, 0.2) is 0 Å². The second kappa shape index (κ2) is 2.81. The van der Waals surface area contributed by atoms with Gasteiger partial charge in [0.2, 0.25) is 0 Å². The Balaban J connectivity index is 2.48. The summed E-state index contributed by atoms with van der Waals surface area (Å²) in [6.45, 7) is 0. The number of anilines is 1. The van der Waals surface area contributed by atoms with Gasteiger partial charge in [0.25, 0.3) is 5.95 Å². The van der Waals surface area contributed by atoms with Crippen molar-refractivity contribution in [1.82, 2.24) is 15.2 Å². The molecule has 0 spiro atoms. The van der Waals surface area contributed by atoms with Crippen LogP contribution in [-0.4, -0.2) is 28.4 Å². The van der Waals surface area contributed by atoms with Crippen molar-refractivity contribution in [2.75, 3.05) is 12.4 Å². The predicted octanol–water partition coefficient (Wildman–Crippen LogP) is -0.0170. The summed E-state index contributed by atoms with van der Waals surface area (Å²) in [4.78, 5) is 14.1. The molecular formula is C4H6N4O2. The lowest BCUT2D eigenvalue weighted by Gasteiger charge is -1.95. The number of aromatic amines is 1. The van der Waals surface area contributed by atoms with Crippen LogP contribution >= 0.6 is 0 Å². The molecule has 1 heterocycles. The highest BCUT2D eigenvalue weighted by Crippen LogP contribution is 1.91. The molecule has 0 aliphatic heterocycles. The maximum atomic E-state index is 10.5. The Bertz CT molecular complexity index is 207. The first-order chi connectivity index (χ1) is 4.83. The molecule has 10 heavy (non-hydrogen) atoms. The summed E-state index contributed by atoms with van der Waals surface area (Å²) >= 11 is 0. The lowest BCUT2D eigenvalue weighted by atomic mass is 10.9. The average Bonchev–Trinajstić information content (AvgIpc) is 2.40. The molecule has 6 nitrogen and oxygen atoms in total. The molecule has 0 saturated carbocycles. The first kappa shape index (κ1) is 6.53. The maximum absolute atomic E-state index is 10.5. The molecule has 6 heteroatoms. The number of rotatable bonds is 1. The molecule has 0 aliphatic carbocycles. The van der Waals surface area contributed by atoms with E-state index in [-0.39, 0.29) is 5.95 Å². The number of aromatic nitrogens is 3. The number of nitrogens with zero attached hydrogens (tertiary/aromatic N) is 2. The Morgan fingerprint density at radius 3 is 3.20 bits per heavy atom. The van der Waals surface area contributed by atoms with Gasteiger partial charge < -0.3 is 4.74 Å². The minimum atomic E-state index is -0.584. The lowest BCUT2D eigenvalue weighted by Crippen LogP contribution is -2.11. The van der Waals surface area contributed by atoms with Crippen LogP contribution in [0.5, 0.6) is 0 Å². The molecule has 1 rings (SSSR count). The van der Waals surface area contributed by atoms with E-state index >= 15 is 0 Å². The van der Waals surface area contributed by atoms with E-state index in [2.05, 4.69) is 25.2 Å². The Labute approximate surface area is 56.6 Å². The number of ether oxygens (including phenoxy) is 1. The van der Waals surface area contributed by atoms with Gasteiger partial charge in [-0.15, -0.1) is 5.10 Å². The van der Waals surface area contributed by atoms with Gasteiger partial charge in [-0.1, -0.05) is 0 Å². The van der Waals surface area contributed by atoms with Crippen molar-refractivity contribution >= 4 is 12.0 Å². The summed E-state index contributed by atoms with van der Waals surface area (Å²) < 4.78 is 4.28. The highest BCUT2D eigenvalue weighted by atomic mass is 16.5. The van der Waals surface area contributed by atoms with Gasteiger partial charge in [0.05, 0.1) is 7.11 Å². The topological polar surface area (TPSA) is 79.9 Å². The number of methoxy groups -OCH3 is 1. The third-order valence-corrected chi connectivity index (χ3v) is 0.814. The second-order valence-corrected chi connectivity index (χ2v) is 1.44. The number of hydrogen-bond donors (Lipinski definition) is 2. The number of carbonyl (C=O) groups excluding carboxylic acids is 1. The van der Waals surface area contributed by atoms with E-state index in [4.69, 9.17) is 0 Å². The van der Waals surface area contributed by atoms with E-state index < -0.39 is 6.09 Å². The van der Waals surface area contributed by atoms with Crippen LogP contribution in [0.1, 0.15) is 0 Å². The van der Waals surface area contributed by atoms with Crippen molar-refractivity contribution in [2.45, 2.75) is 0 Å². The molecule has 54 valence electrons. The van der Waals surface area contributed by atoms with Crippen LogP contribution in [0.25, 0.3) is 0 Å². The number of carbonyl (C=O) groups is 1. The fourth-order valence-corrected chi connectivity index (χ4v) is 0.411. The Kier molecular flexibility index (Phi) is 1.83. The van der Waals surface area contributed by atoms with Gasteiger partial charge in [-0.05, 0) is 0 Å². The van der Waals surface area contributed by atoms with Crippen LogP contribution in [-0.2, 0) is 4.74 Å². The number of amides is 1. The fraction of sp³-hybridized carbons (Fsp3) is 0.250. The van der Waals surface area contributed by atoms with E-state index in [1.807, 2.05) is 0 Å². The SMILES string of the molecule is COC(=O)Nc1nc[nH]n1. The summed E-state index contributed by atoms with van der Waals surface area (Å²) in [6.07, 6.45) is 0.769. The van der Waals surface area contributed by atoms with Crippen LogP contribution in [0.15, 0.2) is 6.33 Å². The predicted molar refractivity (Wildman–Crippen MR) is 32.4 cm³/mol. The maximum Gasteiger partial charge on any atom is 0.413 e. The molecule has 0 aromatic carbocycles. The molecule has 0 saturated heterocycles. The van der Waals surface area contributed by atoms with E-state index in [9.17, 15) is 4.79 Å². The average molecular weight is 142 g/mol. The Morgan fingerprint density at radius 2 is 2.70 bits per heavy atom. The molecular weight excluding hydrogens is 136 g/mol. The van der Waals surface area contributed by atoms with Gasteiger partial charge in [-0.25, -0.2) is 9.78 Å². The Hall–Kier alpha value is -1.59. The fourth-order valence-electron chi connectivity index (χ4n) is 0.411. The monoisotopic (exact) mass is 142 g/mol. The van der Waals surface area contributed by atoms with Gasteiger partial charge in [0.1, 0.15) is 6.33 Å². The Morgan fingerprint density at radius 1 is 1.90 bits per heavy atom. The molecule has 1 amide bonds. The summed E-state index contributed by atoms with van der Waals surface area (Å²) in [5.74, 6) is 0.201. The van der Waals surface area contributed by atoms with E-state index in [0.29, 0.717) is 0 Å². The minimum Gasteiger partial charge on any atom is -0.453 e. The smallest absolute Gasteiger partial charge is 0.413 e. The van der Waals surface area contributed by atoms with Gasteiger partial charge in [-0.2, -0.15) is 0 Å². The largest absolute Gasteiger partial charge is 0.453 e. The van der Waals surface area contributed by atoms with Gasteiger partial charge in [0, 0.05) is 0 Å². The van der Waals surface area contributed by atoms with Crippen LogP contribution < -0.4 is 5.32 Å². The normalized spacial score (nSPS) is 8.90. The van der Waals surface area contributed by atoms with Crippen LogP contribution in [0, 0.1) is 0 Å². The summed E-state index contributed by atoms with van der Waals surface area (Å²) in [5, 5.41) is 8.24. The number of H-pyrrole nitrogens is 1. The van der Waals surface area contributed by atoms with Crippen molar-refractivity contribution in [3.05, 3.63) is 6.33 Å². The van der Waals surface area contributed by atoms with Crippen LogP contribution in [0.3, 0.4) is 0 Å². The summed E-state index contributed by atoms with van der Waals surface area (Å²) in [5.41, 5.74) is 0. The minimum absolute atomic E-state index is 0.201. The van der Waals surface area contributed by atoms with Crippen LogP contribution in [0.4, 0.5) is 10.7 Å². The molecule has 0 radical (unpaired) electrons. The van der Waals surface area contributed by atoms with Crippen molar-refractivity contribution < 1.29 is 9.53 Å². The quantitative estimate of drug-likeness (QED) is 0.577. The zero-order valence-electron chi connectivity index (χ0n) is 5.29. The third kappa shape index (κ3) is 1.44. The van der Waals surface area contributed by atoms with Crippen molar-refractivity contribution in [3.8, 4) is 0 Å². The van der Waals surface area contributed by atoms with Crippen molar-refractivity contribution in [2.24, 2.45) is 0 Å². The third-order valence-electron chi connectivity index (χ3n) is 0.814. The molecule has 0 bridgehead atoms. The first-order valence-corrected chi connectivity index (χ1v) is 2.53. The number of hydrogen-bond acceptors (Lipinski definition) is 4. The molecule has 0 fully saturated rings. The molecule has 0 unspecified atom stereocenters. The van der Waals surface area contributed by atoms with E-state index in [0.717, 1.165) is 0 Å². The molecule has 0 atom stereocenters. The standard InChI is InChI=1S/C4H6N4O2/c1-10-4(9)7-3-5-2-6-8-3/h2H,1H3,(H2,5,6,7,8,9). The molecule has 0 aliphatic rings. The van der Waals surface area contributed by atoms with Crippen LogP contribution in [0.2, 0.25) is 0 Å². The summed E-state index contributed by atoms with van der Waals surface area (Å²) in [7, 11) is 1.27. The van der Waals surface area contributed by atoms with Gasteiger partial charge >= 0.3 is 6.09 Å². The molecule has 1 aromatic rings. The lowest BCUT2D eigenvalue weighted by molar-refractivity contribution is 0.186. The molecule has 1 aromatic heterocycles.